The summed E-state index contributed by atoms with van der Waals surface area (Å²) in [6, 6.07) is 99.9. The van der Waals surface area contributed by atoms with E-state index >= 15 is 0 Å². The molecule has 2 aliphatic heterocycles. The maximum absolute atomic E-state index is 6.74. The number of nitrogens with zero attached hydrogens (tertiary/aromatic N) is 1. The molecule has 3 nitrogen and oxygen atoms in total. The third kappa shape index (κ3) is 5.81. The monoisotopic (exact) mass is 955 g/mol. The Balaban J connectivity index is 0.912. The molecule has 0 radical (unpaired) electrons. The van der Waals surface area contributed by atoms with Crippen LogP contribution in [0.1, 0.15) is 44.5 Å². The number of fused-ring (bicyclic) bond motifs is 20. The number of rotatable bonds is 5. The molecule has 4 aliphatic rings. The molecule has 0 N–H and O–H groups in total. The summed E-state index contributed by atoms with van der Waals surface area (Å²) in [6.45, 7) is 0. The van der Waals surface area contributed by atoms with E-state index in [9.17, 15) is 0 Å². The molecule has 0 saturated carbocycles. The van der Waals surface area contributed by atoms with Crippen molar-refractivity contribution in [2.75, 3.05) is 4.90 Å². The lowest BCUT2D eigenvalue weighted by molar-refractivity contribution is 0.436. The van der Waals surface area contributed by atoms with Crippen molar-refractivity contribution in [1.82, 2.24) is 0 Å². The summed E-state index contributed by atoms with van der Waals surface area (Å²) >= 11 is 0. The van der Waals surface area contributed by atoms with Crippen molar-refractivity contribution in [2.24, 2.45) is 0 Å². The number of hydrogen-bond donors (Lipinski definition) is 0. The Morgan fingerprint density at radius 3 is 1.21 bits per heavy atom. The Morgan fingerprint density at radius 2 is 0.640 bits per heavy atom. The van der Waals surface area contributed by atoms with Gasteiger partial charge in [0.2, 0.25) is 0 Å². The first-order chi connectivity index (χ1) is 37.2. The molecule has 0 bridgehead atoms. The molecule has 3 heteroatoms. The van der Waals surface area contributed by atoms with Gasteiger partial charge in [0.25, 0.3) is 0 Å². The predicted octanol–water partition coefficient (Wildman–Crippen LogP) is 18.6. The highest BCUT2D eigenvalue weighted by atomic mass is 16.5. The largest absolute Gasteiger partial charge is 0.457 e. The van der Waals surface area contributed by atoms with Crippen LogP contribution in [0.4, 0.5) is 17.1 Å². The predicted molar refractivity (Wildman–Crippen MR) is 304 cm³/mol. The summed E-state index contributed by atoms with van der Waals surface area (Å²) in [5, 5.41) is 2.38. The second-order valence-corrected chi connectivity index (χ2v) is 20.2. The summed E-state index contributed by atoms with van der Waals surface area (Å²) in [5.41, 5.74) is 21.4. The van der Waals surface area contributed by atoms with Crippen molar-refractivity contribution < 1.29 is 9.47 Å². The molecular weight excluding hydrogens is 911 g/mol. The fourth-order valence-electron chi connectivity index (χ4n) is 13.5. The Hall–Kier alpha value is -9.70. The Kier molecular flexibility index (Phi) is 8.88. The lowest BCUT2D eigenvalue weighted by atomic mass is 9.65. The maximum Gasteiger partial charge on any atom is 0.132 e. The summed E-state index contributed by atoms with van der Waals surface area (Å²) in [6.07, 6.45) is 0. The zero-order valence-corrected chi connectivity index (χ0v) is 40.7. The van der Waals surface area contributed by atoms with Gasteiger partial charge in [-0.3, -0.25) is 0 Å². The summed E-state index contributed by atoms with van der Waals surface area (Å²) < 4.78 is 13.5. The second kappa shape index (κ2) is 15.9. The number of benzene rings is 12. The van der Waals surface area contributed by atoms with Gasteiger partial charge < -0.3 is 14.4 Å². The molecule has 0 unspecified atom stereocenters. The van der Waals surface area contributed by atoms with E-state index in [2.05, 4.69) is 278 Å². The molecular formula is C72H45NO2. The standard InChI is InChI=1S/C72H45NO2/c1-2-16-46(17-3-1)47-30-32-48(33-31-47)49-34-37-51(38-35-49)73(53-40-43-57-55-18-4-6-20-59(55)71(65(57)45-53)61-22-8-12-26-66(61)74-67-27-13-9-23-62(67)71)52-39-42-54-50(44-52)36-41-58-56-19-5-7-21-60(56)72(70(54)58)63-24-10-14-28-68(63)75-69-29-15-11-25-64(69)72/h1-45H. The minimum absolute atomic E-state index is 0.590. The zero-order chi connectivity index (χ0) is 49.2. The number of hydrogen-bond acceptors (Lipinski definition) is 3. The zero-order valence-electron chi connectivity index (χ0n) is 40.7. The summed E-state index contributed by atoms with van der Waals surface area (Å²) in [5.74, 6) is 3.54. The molecule has 16 rings (SSSR count). The smallest absolute Gasteiger partial charge is 0.132 e. The molecule has 350 valence electrons. The first-order valence-corrected chi connectivity index (χ1v) is 25.9. The first-order valence-electron chi connectivity index (χ1n) is 25.9. The SMILES string of the molecule is c1ccc(-c2ccc(-c3ccc(N(c4ccc5c(c4)C4(c6ccccc6Oc6ccccc64)c4ccccc4-5)c4ccc5c6c(ccc5c4)-c4ccccc4C64c5ccccc5Oc5ccccc54)cc3)cc2)cc1. The highest BCUT2D eigenvalue weighted by Gasteiger charge is 2.53. The first kappa shape index (κ1) is 41.9. The third-order valence-electron chi connectivity index (χ3n) is 16.6. The molecule has 2 heterocycles. The van der Waals surface area contributed by atoms with Crippen LogP contribution in [0.5, 0.6) is 23.0 Å². The van der Waals surface area contributed by atoms with Gasteiger partial charge >= 0.3 is 0 Å². The molecule has 12 aromatic carbocycles. The van der Waals surface area contributed by atoms with E-state index in [0.717, 1.165) is 73.3 Å². The summed E-state index contributed by atoms with van der Waals surface area (Å²) in [7, 11) is 0. The van der Waals surface area contributed by atoms with Crippen molar-refractivity contribution in [3.05, 3.63) is 317 Å². The Morgan fingerprint density at radius 1 is 0.253 bits per heavy atom. The molecule has 0 atom stereocenters. The van der Waals surface area contributed by atoms with Gasteiger partial charge in [0.1, 0.15) is 23.0 Å². The van der Waals surface area contributed by atoms with E-state index in [0.29, 0.717) is 0 Å². The van der Waals surface area contributed by atoms with Crippen LogP contribution in [-0.4, -0.2) is 0 Å². The van der Waals surface area contributed by atoms with Crippen LogP contribution < -0.4 is 14.4 Å². The van der Waals surface area contributed by atoms with Gasteiger partial charge in [-0.15, -0.1) is 0 Å². The maximum atomic E-state index is 6.74. The van der Waals surface area contributed by atoms with Gasteiger partial charge in [-0.05, 0) is 138 Å². The lowest BCUT2D eigenvalue weighted by Crippen LogP contribution is -2.32. The quantitative estimate of drug-likeness (QED) is 0.172. The van der Waals surface area contributed by atoms with Gasteiger partial charge in [-0.2, -0.15) is 0 Å². The van der Waals surface area contributed by atoms with Gasteiger partial charge in [-0.25, -0.2) is 0 Å². The van der Waals surface area contributed by atoms with Crippen LogP contribution in [0.15, 0.2) is 273 Å². The van der Waals surface area contributed by atoms with Crippen LogP contribution >= 0.6 is 0 Å². The molecule has 2 spiro atoms. The van der Waals surface area contributed by atoms with Crippen LogP contribution in [0.2, 0.25) is 0 Å². The van der Waals surface area contributed by atoms with Gasteiger partial charge in [0.15, 0.2) is 0 Å². The highest BCUT2D eigenvalue weighted by molar-refractivity contribution is 6.03. The van der Waals surface area contributed by atoms with Crippen LogP contribution in [0.25, 0.3) is 55.3 Å². The summed E-state index contributed by atoms with van der Waals surface area (Å²) in [4.78, 5) is 2.45. The van der Waals surface area contributed by atoms with Crippen LogP contribution in [0, 0.1) is 0 Å². The minimum Gasteiger partial charge on any atom is -0.457 e. The Labute approximate surface area is 435 Å². The number of ether oxygens (including phenoxy) is 2. The Bertz CT molecular complexity index is 4220. The van der Waals surface area contributed by atoms with Crippen molar-refractivity contribution in [3.63, 3.8) is 0 Å². The van der Waals surface area contributed by atoms with Crippen LogP contribution in [-0.2, 0) is 10.8 Å². The van der Waals surface area contributed by atoms with Crippen molar-refractivity contribution in [1.29, 1.82) is 0 Å². The molecule has 0 amide bonds. The van der Waals surface area contributed by atoms with E-state index in [1.54, 1.807) is 0 Å². The molecule has 75 heavy (non-hydrogen) atoms. The average Bonchev–Trinajstić information content (AvgIpc) is 3.96. The number of anilines is 3. The van der Waals surface area contributed by atoms with Crippen molar-refractivity contribution in [2.45, 2.75) is 10.8 Å². The van der Waals surface area contributed by atoms with Gasteiger partial charge in [-0.1, -0.05) is 212 Å². The third-order valence-corrected chi connectivity index (χ3v) is 16.6. The molecule has 12 aromatic rings. The second-order valence-electron chi connectivity index (χ2n) is 20.2. The molecule has 2 aliphatic carbocycles. The van der Waals surface area contributed by atoms with E-state index < -0.39 is 10.8 Å². The highest BCUT2D eigenvalue weighted by Crippen LogP contribution is 2.65. The minimum atomic E-state index is -0.613. The van der Waals surface area contributed by atoms with Gasteiger partial charge in [0, 0.05) is 39.3 Å². The van der Waals surface area contributed by atoms with E-state index in [4.69, 9.17) is 9.47 Å². The van der Waals surface area contributed by atoms with E-state index in [1.807, 2.05) is 0 Å². The van der Waals surface area contributed by atoms with Gasteiger partial charge in [0.05, 0.1) is 10.8 Å². The van der Waals surface area contributed by atoms with Crippen molar-refractivity contribution >= 4 is 27.8 Å². The fraction of sp³-hybridized carbons (Fsp3) is 0.0278. The average molecular weight is 956 g/mol. The number of para-hydroxylation sites is 4. The van der Waals surface area contributed by atoms with Crippen LogP contribution in [0.3, 0.4) is 0 Å². The van der Waals surface area contributed by atoms with E-state index in [1.165, 1.54) is 66.6 Å². The normalized spacial score (nSPS) is 14.0. The van der Waals surface area contributed by atoms with Crippen molar-refractivity contribution in [3.8, 4) is 67.5 Å². The fourth-order valence-corrected chi connectivity index (χ4v) is 13.5. The molecule has 0 fully saturated rings. The van der Waals surface area contributed by atoms with E-state index in [-0.39, 0.29) is 0 Å². The topological polar surface area (TPSA) is 21.7 Å². The lowest BCUT2D eigenvalue weighted by Gasteiger charge is -2.40. The molecule has 0 saturated heterocycles. The molecule has 0 aromatic heterocycles.